The van der Waals surface area contributed by atoms with E-state index in [4.69, 9.17) is 0 Å². The molecule has 0 unspecified atom stereocenters. The van der Waals surface area contributed by atoms with E-state index in [-0.39, 0.29) is 7.43 Å². The number of aromatic nitrogens is 4. The van der Waals surface area contributed by atoms with Crippen LogP contribution in [0.5, 0.6) is 0 Å². The summed E-state index contributed by atoms with van der Waals surface area (Å²) in [5, 5.41) is 8.28. The van der Waals surface area contributed by atoms with Gasteiger partial charge >= 0.3 is 0 Å². The minimum atomic E-state index is 0. The van der Waals surface area contributed by atoms with E-state index in [0.29, 0.717) is 11.8 Å². The smallest absolute Gasteiger partial charge is 0.0649 e. The molecule has 0 radical (unpaired) electrons. The van der Waals surface area contributed by atoms with Gasteiger partial charge in [-0.25, -0.2) is 0 Å². The summed E-state index contributed by atoms with van der Waals surface area (Å²) >= 11 is 0. The molecule has 4 heteroatoms. The number of hydrogen-bond acceptors (Lipinski definition) is 2. The highest BCUT2D eigenvalue weighted by Gasteiger charge is 1.99. The van der Waals surface area contributed by atoms with Gasteiger partial charge in [-0.1, -0.05) is 35.1 Å². The third kappa shape index (κ3) is 5.73. The zero-order valence-electron chi connectivity index (χ0n) is 12.3. The van der Waals surface area contributed by atoms with Crippen molar-refractivity contribution in [2.24, 2.45) is 14.1 Å². The van der Waals surface area contributed by atoms with Gasteiger partial charge in [0, 0.05) is 26.5 Å². The summed E-state index contributed by atoms with van der Waals surface area (Å²) in [6.45, 7) is 8.61. The maximum absolute atomic E-state index is 4.23. The Kier molecular flexibility index (Phi) is 7.12. The van der Waals surface area contributed by atoms with Crippen LogP contribution >= 0.6 is 0 Å². The molecule has 0 aromatic carbocycles. The summed E-state index contributed by atoms with van der Waals surface area (Å²) in [4.78, 5) is 0. The Morgan fingerprint density at radius 1 is 1.00 bits per heavy atom. The van der Waals surface area contributed by atoms with Gasteiger partial charge in [-0.3, -0.25) is 9.36 Å². The van der Waals surface area contributed by atoms with Gasteiger partial charge in [0.25, 0.3) is 0 Å². The van der Waals surface area contributed by atoms with Crippen molar-refractivity contribution in [1.82, 2.24) is 19.6 Å². The third-order valence-electron chi connectivity index (χ3n) is 2.72. The molecule has 0 fully saturated rings. The first-order valence-electron chi connectivity index (χ1n) is 6.38. The van der Waals surface area contributed by atoms with Crippen molar-refractivity contribution in [3.8, 4) is 0 Å². The van der Waals surface area contributed by atoms with E-state index in [1.807, 2.05) is 48.1 Å². The lowest BCUT2D eigenvalue weighted by Crippen LogP contribution is -1.92. The first kappa shape index (κ1) is 17.4. The maximum atomic E-state index is 4.23. The van der Waals surface area contributed by atoms with E-state index in [9.17, 15) is 0 Å². The molecule has 0 saturated carbocycles. The van der Waals surface area contributed by atoms with Crippen molar-refractivity contribution in [1.29, 1.82) is 0 Å². The van der Waals surface area contributed by atoms with E-state index in [2.05, 4.69) is 37.9 Å². The second kappa shape index (κ2) is 7.77. The van der Waals surface area contributed by atoms with E-state index < -0.39 is 0 Å². The van der Waals surface area contributed by atoms with Crippen molar-refractivity contribution < 1.29 is 0 Å². The van der Waals surface area contributed by atoms with Crippen molar-refractivity contribution in [3.63, 3.8) is 0 Å². The van der Waals surface area contributed by atoms with Crippen LogP contribution in [-0.4, -0.2) is 19.6 Å². The predicted molar refractivity (Wildman–Crippen MR) is 81.3 cm³/mol. The van der Waals surface area contributed by atoms with Gasteiger partial charge in [-0.2, -0.15) is 10.2 Å². The van der Waals surface area contributed by atoms with E-state index in [1.54, 1.807) is 0 Å². The van der Waals surface area contributed by atoms with Gasteiger partial charge in [-0.15, -0.1) is 0 Å². The molecule has 0 saturated heterocycles. The van der Waals surface area contributed by atoms with Crippen LogP contribution < -0.4 is 0 Å². The van der Waals surface area contributed by atoms with Crippen LogP contribution in [0.1, 0.15) is 58.2 Å². The topological polar surface area (TPSA) is 35.6 Å². The Hall–Kier alpha value is -1.58. The molecule has 0 aliphatic carbocycles. The molecule has 4 nitrogen and oxygen atoms in total. The summed E-state index contributed by atoms with van der Waals surface area (Å²) in [6.07, 6.45) is 5.92. The molecular weight excluding hydrogens is 236 g/mol. The van der Waals surface area contributed by atoms with Gasteiger partial charge < -0.3 is 0 Å². The van der Waals surface area contributed by atoms with Crippen LogP contribution in [0.15, 0.2) is 24.7 Å². The number of aryl methyl sites for hydroxylation is 2. The minimum Gasteiger partial charge on any atom is -0.276 e. The van der Waals surface area contributed by atoms with Crippen LogP contribution in [0.25, 0.3) is 0 Å². The van der Waals surface area contributed by atoms with E-state index in [0.717, 1.165) is 5.69 Å². The van der Waals surface area contributed by atoms with Crippen LogP contribution in [0.2, 0.25) is 0 Å². The first-order chi connectivity index (χ1) is 8.40. The average molecular weight is 264 g/mol. The maximum Gasteiger partial charge on any atom is 0.0649 e. The normalized spacial score (nSPS) is 10.1. The molecule has 0 amide bonds. The highest BCUT2D eigenvalue weighted by molar-refractivity contribution is 5.08. The van der Waals surface area contributed by atoms with Crippen molar-refractivity contribution in [2.45, 2.75) is 47.0 Å². The Morgan fingerprint density at radius 3 is 1.84 bits per heavy atom. The fourth-order valence-electron chi connectivity index (χ4n) is 1.48. The molecule has 0 bridgehead atoms. The molecule has 0 aliphatic rings. The zero-order valence-corrected chi connectivity index (χ0v) is 12.3. The number of rotatable bonds is 2. The number of hydrogen-bond donors (Lipinski definition) is 0. The second-order valence-corrected chi connectivity index (χ2v) is 5.17. The quantitative estimate of drug-likeness (QED) is 0.828. The monoisotopic (exact) mass is 264 g/mol. The van der Waals surface area contributed by atoms with Crippen LogP contribution in [0.4, 0.5) is 0 Å². The third-order valence-corrected chi connectivity index (χ3v) is 2.72. The zero-order chi connectivity index (χ0) is 13.7. The molecule has 0 aliphatic heterocycles. The largest absolute Gasteiger partial charge is 0.276 e. The molecular formula is C15H28N4. The second-order valence-electron chi connectivity index (χ2n) is 5.17. The molecule has 19 heavy (non-hydrogen) atoms. The molecule has 2 aromatic heterocycles. The fourth-order valence-corrected chi connectivity index (χ4v) is 1.48. The van der Waals surface area contributed by atoms with Crippen molar-refractivity contribution >= 4 is 0 Å². The Bertz CT molecular complexity index is 422. The summed E-state index contributed by atoms with van der Waals surface area (Å²) in [5.41, 5.74) is 2.47. The highest BCUT2D eigenvalue weighted by atomic mass is 15.2. The van der Waals surface area contributed by atoms with Crippen LogP contribution in [0.3, 0.4) is 0 Å². The lowest BCUT2D eigenvalue weighted by atomic mass is 10.1. The van der Waals surface area contributed by atoms with Gasteiger partial charge in [0.15, 0.2) is 0 Å². The molecule has 0 spiro atoms. The summed E-state index contributed by atoms with van der Waals surface area (Å²) in [5.74, 6) is 1.14. The molecule has 0 N–H and O–H groups in total. The predicted octanol–water partition coefficient (Wildman–Crippen LogP) is 3.72. The summed E-state index contributed by atoms with van der Waals surface area (Å²) < 4.78 is 3.66. The van der Waals surface area contributed by atoms with E-state index >= 15 is 0 Å². The number of nitrogens with zero attached hydrogens (tertiary/aromatic N) is 4. The fraction of sp³-hybridized carbons (Fsp3) is 0.600. The van der Waals surface area contributed by atoms with Gasteiger partial charge in [-0.05, 0) is 23.5 Å². The Labute approximate surface area is 117 Å². The van der Waals surface area contributed by atoms with Crippen LogP contribution in [0, 0.1) is 0 Å². The van der Waals surface area contributed by atoms with E-state index in [1.165, 1.54) is 5.56 Å². The SMILES string of the molecule is C.CC(C)c1ccn(C)n1.CC(C)c1cnn(C)c1. The lowest BCUT2D eigenvalue weighted by Gasteiger charge is -1.95. The van der Waals surface area contributed by atoms with Crippen molar-refractivity contribution in [3.05, 3.63) is 35.9 Å². The molecule has 108 valence electrons. The first-order valence-corrected chi connectivity index (χ1v) is 6.38. The van der Waals surface area contributed by atoms with Gasteiger partial charge in [0.2, 0.25) is 0 Å². The Balaban J connectivity index is 0.000000324. The Morgan fingerprint density at radius 2 is 1.63 bits per heavy atom. The van der Waals surface area contributed by atoms with Crippen molar-refractivity contribution in [2.75, 3.05) is 0 Å². The molecule has 2 heterocycles. The van der Waals surface area contributed by atoms with Crippen LogP contribution in [-0.2, 0) is 14.1 Å². The highest BCUT2D eigenvalue weighted by Crippen LogP contribution is 2.11. The summed E-state index contributed by atoms with van der Waals surface area (Å²) in [6, 6.07) is 2.05. The van der Waals surface area contributed by atoms with Gasteiger partial charge in [0.1, 0.15) is 0 Å². The standard InChI is InChI=1S/2C7H12N2.CH4/c1-6(2)7-4-8-9(3)5-7;1-6(2)7-4-5-9(3)8-7;/h2*4-6H,1-3H3;1H4. The molecule has 0 atom stereocenters. The molecule has 2 rings (SSSR count). The van der Waals surface area contributed by atoms with Gasteiger partial charge in [0.05, 0.1) is 11.9 Å². The average Bonchev–Trinajstić information content (AvgIpc) is 2.88. The molecule has 2 aromatic rings. The summed E-state index contributed by atoms with van der Waals surface area (Å²) in [7, 11) is 3.87. The minimum absolute atomic E-state index is 0. The lowest BCUT2D eigenvalue weighted by molar-refractivity contribution is 0.713.